The van der Waals surface area contributed by atoms with Crippen LogP contribution in [0, 0.1) is 11.8 Å². The fourth-order valence-electron chi connectivity index (χ4n) is 4.43. The van der Waals surface area contributed by atoms with Gasteiger partial charge >= 0.3 is 5.97 Å². The van der Waals surface area contributed by atoms with E-state index in [9.17, 15) is 14.7 Å². The van der Waals surface area contributed by atoms with E-state index in [1.165, 1.54) is 0 Å². The molecule has 4 atom stereocenters. The van der Waals surface area contributed by atoms with E-state index in [4.69, 9.17) is 4.74 Å². The maximum absolute atomic E-state index is 13.1. The average molecular weight is 321 g/mol. The number of carboxylic acids is 1. The zero-order chi connectivity index (χ0) is 16.5. The van der Waals surface area contributed by atoms with Crippen molar-refractivity contribution >= 4 is 28.3 Å². The van der Waals surface area contributed by atoms with Crippen molar-refractivity contribution in [2.75, 3.05) is 11.4 Å². The summed E-state index contributed by atoms with van der Waals surface area (Å²) >= 11 is 0. The van der Waals surface area contributed by atoms with Crippen molar-refractivity contribution < 1.29 is 19.4 Å². The molecule has 2 fully saturated rings. The predicted molar refractivity (Wildman–Crippen MR) is 87.7 cm³/mol. The fourth-order valence-corrected chi connectivity index (χ4v) is 4.43. The summed E-state index contributed by atoms with van der Waals surface area (Å²) in [6.45, 7) is 0.362. The SMILES string of the molecule is O=C(O)[C@H]1[C@@H]2C=C[C@@]3(CN(c4cccc5ccccc45)C(=O)[C@@H]13)O2. The fraction of sp³-hybridized carbons (Fsp3) is 0.263. The van der Waals surface area contributed by atoms with Gasteiger partial charge in [-0.15, -0.1) is 0 Å². The van der Waals surface area contributed by atoms with Gasteiger partial charge in [0.15, 0.2) is 0 Å². The second-order valence-electron chi connectivity index (χ2n) is 6.66. The molecule has 5 nitrogen and oxygen atoms in total. The molecule has 3 aliphatic heterocycles. The van der Waals surface area contributed by atoms with Crippen LogP contribution in [0.25, 0.3) is 10.8 Å². The van der Waals surface area contributed by atoms with Crippen LogP contribution in [0.4, 0.5) is 5.69 Å². The predicted octanol–water partition coefficient (Wildman–Crippen LogP) is 2.21. The van der Waals surface area contributed by atoms with Crippen LogP contribution in [0.15, 0.2) is 54.6 Å². The summed E-state index contributed by atoms with van der Waals surface area (Å²) in [5, 5.41) is 11.6. The van der Waals surface area contributed by atoms with E-state index in [0.717, 1.165) is 16.5 Å². The van der Waals surface area contributed by atoms with Crippen LogP contribution >= 0.6 is 0 Å². The molecule has 0 aliphatic carbocycles. The molecule has 0 aromatic heterocycles. The molecular formula is C19H15NO4. The number of carbonyl (C=O) groups is 2. The van der Waals surface area contributed by atoms with Gasteiger partial charge in [0, 0.05) is 5.39 Å². The molecular weight excluding hydrogens is 306 g/mol. The molecule has 2 aromatic rings. The Morgan fingerprint density at radius 3 is 2.83 bits per heavy atom. The normalized spacial score (nSPS) is 33.4. The van der Waals surface area contributed by atoms with E-state index >= 15 is 0 Å². The zero-order valence-electron chi connectivity index (χ0n) is 12.8. The van der Waals surface area contributed by atoms with Crippen LogP contribution in [-0.2, 0) is 14.3 Å². The van der Waals surface area contributed by atoms with Gasteiger partial charge in [0.25, 0.3) is 0 Å². The first kappa shape index (κ1) is 13.7. The third-order valence-electron chi connectivity index (χ3n) is 5.44. The Kier molecular flexibility index (Phi) is 2.55. The molecule has 0 saturated carbocycles. The number of rotatable bonds is 2. The number of nitrogens with zero attached hydrogens (tertiary/aromatic N) is 1. The number of carboxylic acid groups (broad SMARTS) is 1. The largest absolute Gasteiger partial charge is 0.481 e. The molecule has 2 aromatic carbocycles. The summed E-state index contributed by atoms with van der Waals surface area (Å²) in [7, 11) is 0. The van der Waals surface area contributed by atoms with Crippen LogP contribution in [0.3, 0.4) is 0 Å². The molecule has 24 heavy (non-hydrogen) atoms. The van der Waals surface area contributed by atoms with Crippen LogP contribution in [0.2, 0.25) is 0 Å². The summed E-state index contributed by atoms with van der Waals surface area (Å²) < 4.78 is 5.94. The highest BCUT2D eigenvalue weighted by molar-refractivity contribution is 6.08. The lowest BCUT2D eigenvalue weighted by Crippen LogP contribution is -2.39. The number of hydrogen-bond acceptors (Lipinski definition) is 3. The Morgan fingerprint density at radius 2 is 2.00 bits per heavy atom. The monoisotopic (exact) mass is 321 g/mol. The van der Waals surface area contributed by atoms with Gasteiger partial charge in [-0.2, -0.15) is 0 Å². The number of benzene rings is 2. The highest BCUT2D eigenvalue weighted by atomic mass is 16.5. The molecule has 1 spiro atoms. The lowest BCUT2D eigenvalue weighted by Gasteiger charge is -2.22. The van der Waals surface area contributed by atoms with Gasteiger partial charge in [0.05, 0.1) is 24.3 Å². The summed E-state index contributed by atoms with van der Waals surface area (Å²) in [6, 6.07) is 13.7. The highest BCUT2D eigenvalue weighted by Gasteiger charge is 2.67. The van der Waals surface area contributed by atoms with Gasteiger partial charge < -0.3 is 14.7 Å². The van der Waals surface area contributed by atoms with Crippen molar-refractivity contribution in [2.45, 2.75) is 11.7 Å². The minimum Gasteiger partial charge on any atom is -0.481 e. The molecule has 3 aliphatic rings. The van der Waals surface area contributed by atoms with Crippen molar-refractivity contribution in [3.05, 3.63) is 54.6 Å². The third-order valence-corrected chi connectivity index (χ3v) is 5.44. The van der Waals surface area contributed by atoms with Crippen LogP contribution in [0.5, 0.6) is 0 Å². The minimum atomic E-state index is -0.968. The lowest BCUT2D eigenvalue weighted by atomic mass is 9.77. The van der Waals surface area contributed by atoms with E-state index in [-0.39, 0.29) is 5.91 Å². The van der Waals surface area contributed by atoms with E-state index in [2.05, 4.69) is 0 Å². The molecule has 3 heterocycles. The second kappa shape index (κ2) is 4.45. The summed E-state index contributed by atoms with van der Waals surface area (Å²) in [5.74, 6) is -2.58. The molecule has 120 valence electrons. The molecule has 0 radical (unpaired) electrons. The van der Waals surface area contributed by atoms with Crippen LogP contribution in [-0.4, -0.2) is 35.2 Å². The molecule has 2 bridgehead atoms. The molecule has 1 N–H and O–H groups in total. The van der Waals surface area contributed by atoms with Gasteiger partial charge in [-0.3, -0.25) is 9.59 Å². The molecule has 5 rings (SSSR count). The summed E-state index contributed by atoms with van der Waals surface area (Å²) in [4.78, 5) is 26.4. The molecule has 1 amide bonds. The van der Waals surface area contributed by atoms with E-state index in [1.54, 1.807) is 11.0 Å². The quantitative estimate of drug-likeness (QED) is 0.861. The Bertz CT molecular complexity index is 915. The number of fused-ring (bicyclic) bond motifs is 2. The van der Waals surface area contributed by atoms with Gasteiger partial charge in [0.1, 0.15) is 11.5 Å². The summed E-state index contributed by atoms with van der Waals surface area (Å²) in [6.07, 6.45) is 3.17. The van der Waals surface area contributed by atoms with Crippen molar-refractivity contribution in [1.29, 1.82) is 0 Å². The van der Waals surface area contributed by atoms with Crippen molar-refractivity contribution in [3.8, 4) is 0 Å². The molecule has 0 unspecified atom stereocenters. The zero-order valence-corrected chi connectivity index (χ0v) is 12.8. The number of ether oxygens (including phenoxy) is 1. The maximum Gasteiger partial charge on any atom is 0.310 e. The number of carbonyl (C=O) groups excluding carboxylic acids is 1. The lowest BCUT2D eigenvalue weighted by molar-refractivity contribution is -0.146. The summed E-state index contributed by atoms with van der Waals surface area (Å²) in [5.41, 5.74) is 0.00772. The average Bonchev–Trinajstić information content (AvgIpc) is 3.22. The Hall–Kier alpha value is -2.66. The van der Waals surface area contributed by atoms with Crippen LogP contribution < -0.4 is 4.90 Å². The van der Waals surface area contributed by atoms with E-state index in [1.807, 2.05) is 48.5 Å². The first-order valence-corrected chi connectivity index (χ1v) is 8.00. The van der Waals surface area contributed by atoms with E-state index < -0.39 is 29.5 Å². The number of aliphatic carboxylic acids is 1. The molecule has 5 heteroatoms. The smallest absolute Gasteiger partial charge is 0.310 e. The topological polar surface area (TPSA) is 66.8 Å². The Morgan fingerprint density at radius 1 is 1.21 bits per heavy atom. The first-order valence-electron chi connectivity index (χ1n) is 8.00. The van der Waals surface area contributed by atoms with Crippen molar-refractivity contribution in [3.63, 3.8) is 0 Å². The Labute approximate surface area is 138 Å². The van der Waals surface area contributed by atoms with Crippen molar-refractivity contribution in [1.82, 2.24) is 0 Å². The second-order valence-corrected chi connectivity index (χ2v) is 6.66. The molecule has 2 saturated heterocycles. The van der Waals surface area contributed by atoms with Crippen LogP contribution in [0.1, 0.15) is 0 Å². The van der Waals surface area contributed by atoms with Crippen molar-refractivity contribution in [2.24, 2.45) is 11.8 Å². The van der Waals surface area contributed by atoms with Gasteiger partial charge in [0.2, 0.25) is 5.91 Å². The standard InChI is InChI=1S/C19H15NO4/c21-17-16-15(18(22)23)14-8-9-19(16,24-14)10-20(17)13-7-3-5-11-4-1-2-6-12(11)13/h1-9,14-16H,10H2,(H,22,23)/t14-,15-,16+,19-/m0/s1. The maximum atomic E-state index is 13.1. The van der Waals surface area contributed by atoms with Gasteiger partial charge in [-0.25, -0.2) is 0 Å². The number of hydrogen-bond donors (Lipinski definition) is 1. The van der Waals surface area contributed by atoms with E-state index in [0.29, 0.717) is 6.54 Å². The third kappa shape index (κ3) is 1.57. The first-order chi connectivity index (χ1) is 11.6. The minimum absolute atomic E-state index is 0.161. The van der Waals surface area contributed by atoms with Gasteiger partial charge in [-0.05, 0) is 11.5 Å². The number of amides is 1. The Balaban J connectivity index is 1.64. The highest BCUT2D eigenvalue weighted by Crippen LogP contribution is 2.53. The number of anilines is 1. The van der Waals surface area contributed by atoms with Gasteiger partial charge in [-0.1, -0.05) is 48.6 Å².